The van der Waals surface area contributed by atoms with Crippen molar-refractivity contribution < 1.29 is 33.7 Å². The number of hydrogen-bond donors (Lipinski definition) is 1. The first-order valence-corrected chi connectivity index (χ1v) is 27.0. The first-order chi connectivity index (χ1) is 30.1. The van der Waals surface area contributed by atoms with Crippen LogP contribution in [0.25, 0.3) is 0 Å². The third-order valence-corrected chi connectivity index (χ3v) is 13.5. The van der Waals surface area contributed by atoms with Crippen LogP contribution in [0.4, 0.5) is 0 Å². The zero-order chi connectivity index (χ0) is 45.5. The van der Waals surface area contributed by atoms with Gasteiger partial charge >= 0.3 is 17.9 Å². The van der Waals surface area contributed by atoms with Crippen molar-refractivity contribution in [3.8, 4) is 0 Å². The fourth-order valence-electron chi connectivity index (χ4n) is 9.22. The number of hydrogen-bond acceptors (Lipinski definition) is 8. The molecule has 1 fully saturated rings. The van der Waals surface area contributed by atoms with Crippen LogP contribution < -0.4 is 0 Å². The molecule has 1 saturated heterocycles. The lowest BCUT2D eigenvalue weighted by molar-refractivity contribution is -0.154. The molecule has 0 aromatic carbocycles. The van der Waals surface area contributed by atoms with E-state index in [1.165, 1.54) is 116 Å². The molecule has 62 heavy (non-hydrogen) atoms. The lowest BCUT2D eigenvalue weighted by atomic mass is 9.87. The molecule has 0 aromatic heterocycles. The van der Waals surface area contributed by atoms with Gasteiger partial charge in [-0.25, -0.2) is 0 Å². The van der Waals surface area contributed by atoms with Crippen molar-refractivity contribution >= 4 is 17.9 Å². The topological polar surface area (TPSA) is 102 Å². The van der Waals surface area contributed by atoms with Crippen LogP contribution in [0.15, 0.2) is 0 Å². The minimum atomic E-state index is -0.500. The van der Waals surface area contributed by atoms with E-state index in [1.54, 1.807) is 0 Å². The SMILES string of the molecule is CCCCCCCCC(CCCCCCCC)OC(=O)CCCCCCCOC(=O)[C@@H]1CC(O)CN1CCCCCCC(C)(C)C(=O)OCCCC(CCCCC)CCCCC. The predicted molar refractivity (Wildman–Crippen MR) is 259 cm³/mol. The molecule has 8 heteroatoms. The van der Waals surface area contributed by atoms with Crippen molar-refractivity contribution in [1.29, 1.82) is 0 Å². The molecule has 1 unspecified atom stereocenters. The zero-order valence-electron chi connectivity index (χ0n) is 41.9. The van der Waals surface area contributed by atoms with E-state index in [4.69, 9.17) is 14.2 Å². The molecule has 1 rings (SSSR count). The van der Waals surface area contributed by atoms with E-state index < -0.39 is 11.5 Å². The molecule has 1 aliphatic rings. The summed E-state index contributed by atoms with van der Waals surface area (Å²) >= 11 is 0. The number of carbonyl (C=O) groups excluding carboxylic acids is 3. The Morgan fingerprint density at radius 2 is 1.03 bits per heavy atom. The molecule has 0 saturated carbocycles. The molecule has 0 radical (unpaired) electrons. The highest BCUT2D eigenvalue weighted by Gasteiger charge is 2.36. The first-order valence-electron chi connectivity index (χ1n) is 27.0. The maximum absolute atomic E-state index is 13.0. The van der Waals surface area contributed by atoms with Gasteiger partial charge in [0.1, 0.15) is 12.1 Å². The Bertz CT molecular complexity index is 1040. The number of unbranched alkanes of at least 4 members (excludes halogenated alkanes) is 21. The van der Waals surface area contributed by atoms with Gasteiger partial charge in [-0.15, -0.1) is 0 Å². The number of aliphatic hydroxyl groups excluding tert-OH is 1. The van der Waals surface area contributed by atoms with Gasteiger partial charge in [-0.1, -0.05) is 182 Å². The quantitative estimate of drug-likeness (QED) is 0.0367. The monoisotopic (exact) mass is 878 g/mol. The summed E-state index contributed by atoms with van der Waals surface area (Å²) in [5, 5.41) is 10.4. The number of ether oxygens (including phenoxy) is 3. The van der Waals surface area contributed by atoms with E-state index in [-0.39, 0.29) is 30.1 Å². The van der Waals surface area contributed by atoms with Crippen LogP contribution in [0.2, 0.25) is 0 Å². The van der Waals surface area contributed by atoms with E-state index in [0.29, 0.717) is 32.6 Å². The molecule has 0 bridgehead atoms. The normalized spacial score (nSPS) is 15.8. The average molecular weight is 878 g/mol. The fourth-order valence-corrected chi connectivity index (χ4v) is 9.22. The van der Waals surface area contributed by atoms with Crippen molar-refractivity contribution in [2.45, 2.75) is 291 Å². The summed E-state index contributed by atoms with van der Waals surface area (Å²) in [6.45, 7) is 15.3. The molecular weight excluding hydrogens is 775 g/mol. The molecule has 0 aromatic rings. The van der Waals surface area contributed by atoms with Crippen LogP contribution in [0, 0.1) is 11.3 Å². The minimum absolute atomic E-state index is 0.0369. The largest absolute Gasteiger partial charge is 0.465 e. The molecular formula is C54H103NO7. The Balaban J connectivity index is 2.24. The molecule has 2 atom stereocenters. The van der Waals surface area contributed by atoms with Crippen molar-refractivity contribution in [2.24, 2.45) is 11.3 Å². The van der Waals surface area contributed by atoms with Crippen LogP contribution in [0.1, 0.15) is 273 Å². The Hall–Kier alpha value is -1.67. The van der Waals surface area contributed by atoms with E-state index in [1.807, 2.05) is 13.8 Å². The number of carbonyl (C=O) groups is 3. The molecule has 0 aliphatic carbocycles. The number of nitrogens with zero attached hydrogens (tertiary/aromatic N) is 1. The molecule has 1 heterocycles. The summed E-state index contributed by atoms with van der Waals surface area (Å²) < 4.78 is 17.5. The van der Waals surface area contributed by atoms with Gasteiger partial charge in [0.25, 0.3) is 0 Å². The number of likely N-dealkylation sites (tertiary alicyclic amines) is 1. The van der Waals surface area contributed by atoms with E-state index >= 15 is 0 Å². The van der Waals surface area contributed by atoms with Gasteiger partial charge in [0.15, 0.2) is 0 Å². The third kappa shape index (κ3) is 31.2. The van der Waals surface area contributed by atoms with Crippen LogP contribution in [0.3, 0.4) is 0 Å². The van der Waals surface area contributed by atoms with Gasteiger partial charge in [0.05, 0.1) is 24.7 Å². The van der Waals surface area contributed by atoms with Crippen LogP contribution >= 0.6 is 0 Å². The van der Waals surface area contributed by atoms with Crippen LogP contribution in [0.5, 0.6) is 0 Å². The Morgan fingerprint density at radius 3 is 1.65 bits per heavy atom. The molecule has 366 valence electrons. The summed E-state index contributed by atoms with van der Waals surface area (Å²) in [6, 6.07) is -0.376. The third-order valence-electron chi connectivity index (χ3n) is 13.5. The molecule has 0 spiro atoms. The second-order valence-corrected chi connectivity index (χ2v) is 20.0. The second-order valence-electron chi connectivity index (χ2n) is 20.0. The lowest BCUT2D eigenvalue weighted by Gasteiger charge is -2.24. The fraction of sp³-hybridized carbons (Fsp3) is 0.944. The van der Waals surface area contributed by atoms with Crippen molar-refractivity contribution in [2.75, 3.05) is 26.3 Å². The summed E-state index contributed by atoms with van der Waals surface area (Å²) in [5.74, 6) is 0.435. The summed E-state index contributed by atoms with van der Waals surface area (Å²) in [5.41, 5.74) is -0.480. The standard InChI is InChI=1S/C54H103NO7/c1-7-11-15-17-20-28-38-49(39-29-21-18-16-12-8-2)62-51(57)40-30-22-19-25-33-43-60-52(58)50-45-48(56)46-55(50)42-32-24-23-31-41-54(5,6)53(59)61-44-34-37-47(35-26-13-9-3)36-27-14-10-4/h47-50,56H,7-46H2,1-6H3/t48?,50-/m0/s1. The van der Waals surface area contributed by atoms with Gasteiger partial charge in [-0.05, 0) is 90.5 Å². The highest BCUT2D eigenvalue weighted by molar-refractivity contribution is 5.76. The van der Waals surface area contributed by atoms with Crippen molar-refractivity contribution in [3.05, 3.63) is 0 Å². The average Bonchev–Trinajstić information content (AvgIpc) is 3.63. The van der Waals surface area contributed by atoms with Crippen molar-refractivity contribution in [3.63, 3.8) is 0 Å². The predicted octanol–water partition coefficient (Wildman–Crippen LogP) is 14.8. The van der Waals surface area contributed by atoms with Crippen LogP contribution in [-0.2, 0) is 28.6 Å². The molecule has 8 nitrogen and oxygen atoms in total. The molecule has 1 N–H and O–H groups in total. The van der Waals surface area contributed by atoms with Crippen molar-refractivity contribution in [1.82, 2.24) is 4.90 Å². The van der Waals surface area contributed by atoms with Gasteiger partial charge in [0, 0.05) is 19.4 Å². The number of rotatable bonds is 44. The first kappa shape index (κ1) is 58.3. The maximum atomic E-state index is 13.0. The Kier molecular flexibility index (Phi) is 37.3. The van der Waals surface area contributed by atoms with E-state index in [0.717, 1.165) is 115 Å². The highest BCUT2D eigenvalue weighted by Crippen LogP contribution is 2.28. The van der Waals surface area contributed by atoms with E-state index in [9.17, 15) is 19.5 Å². The number of aliphatic hydroxyl groups is 1. The second kappa shape index (κ2) is 39.7. The number of esters is 3. The summed E-state index contributed by atoms with van der Waals surface area (Å²) in [6.07, 6.45) is 39.6. The summed E-state index contributed by atoms with van der Waals surface area (Å²) in [4.78, 5) is 40.8. The molecule has 0 amide bonds. The van der Waals surface area contributed by atoms with E-state index in [2.05, 4.69) is 32.6 Å². The highest BCUT2D eigenvalue weighted by atomic mass is 16.5. The minimum Gasteiger partial charge on any atom is -0.465 e. The van der Waals surface area contributed by atoms with Gasteiger partial charge in [-0.2, -0.15) is 0 Å². The van der Waals surface area contributed by atoms with Gasteiger partial charge < -0.3 is 19.3 Å². The lowest BCUT2D eigenvalue weighted by Crippen LogP contribution is -2.38. The molecule has 1 aliphatic heterocycles. The Morgan fingerprint density at radius 1 is 0.565 bits per heavy atom. The maximum Gasteiger partial charge on any atom is 0.323 e. The van der Waals surface area contributed by atoms with Crippen LogP contribution in [-0.4, -0.2) is 72.5 Å². The van der Waals surface area contributed by atoms with Gasteiger partial charge in [0.2, 0.25) is 0 Å². The smallest absolute Gasteiger partial charge is 0.323 e. The summed E-state index contributed by atoms with van der Waals surface area (Å²) in [7, 11) is 0. The zero-order valence-corrected chi connectivity index (χ0v) is 41.9. The number of β-amino-alcohol motifs (C(OH)–C–C–N with tert-alkyl or cyclic N) is 1. The van der Waals surface area contributed by atoms with Gasteiger partial charge in [-0.3, -0.25) is 19.3 Å². The Labute approximate surface area is 383 Å².